The van der Waals surface area contributed by atoms with Crippen molar-refractivity contribution in [1.29, 1.82) is 0 Å². The van der Waals surface area contributed by atoms with Crippen LogP contribution in [0.15, 0.2) is 23.2 Å². The molecule has 1 heterocycles. The molecule has 3 fully saturated rings. The van der Waals surface area contributed by atoms with Crippen LogP contribution >= 0.6 is 11.6 Å². The number of hydrogen-bond donors (Lipinski definition) is 2. The third kappa shape index (κ3) is 5.20. The summed E-state index contributed by atoms with van der Waals surface area (Å²) >= 11 is 6.22. The maximum atomic E-state index is 14.2. The predicted octanol–water partition coefficient (Wildman–Crippen LogP) is 2.20. The zero-order valence-electron chi connectivity index (χ0n) is 16.8. The van der Waals surface area contributed by atoms with Crippen LogP contribution in [0.25, 0.3) is 0 Å². The van der Waals surface area contributed by atoms with Crippen molar-refractivity contribution < 1.29 is 9.18 Å². The average Bonchev–Trinajstić information content (AvgIpc) is 3.60. The molecule has 1 aliphatic heterocycles. The number of piperazine rings is 1. The Balaban J connectivity index is 1.29. The number of guanidine groups is 1. The molecule has 29 heavy (non-hydrogen) atoms. The largest absolute Gasteiger partial charge is 0.353 e. The Morgan fingerprint density at radius 1 is 1.24 bits per heavy atom. The van der Waals surface area contributed by atoms with Crippen LogP contribution in [-0.2, 0) is 4.79 Å². The highest BCUT2D eigenvalue weighted by Crippen LogP contribution is 2.45. The highest BCUT2D eigenvalue weighted by atomic mass is 35.5. The molecule has 1 aromatic carbocycles. The van der Waals surface area contributed by atoms with Crippen molar-refractivity contribution in [3.63, 3.8) is 0 Å². The van der Waals surface area contributed by atoms with E-state index >= 15 is 0 Å². The summed E-state index contributed by atoms with van der Waals surface area (Å²) < 4.78 is 14.2. The highest BCUT2D eigenvalue weighted by Gasteiger charge is 2.42. The molecule has 0 bridgehead atoms. The van der Waals surface area contributed by atoms with Crippen LogP contribution in [0.1, 0.15) is 37.7 Å². The first-order valence-electron chi connectivity index (χ1n) is 10.6. The molecule has 2 saturated carbocycles. The summed E-state index contributed by atoms with van der Waals surface area (Å²) in [5, 5.41) is 7.05. The Morgan fingerprint density at radius 3 is 2.66 bits per heavy atom. The zero-order chi connectivity index (χ0) is 20.4. The third-order valence-corrected chi connectivity index (χ3v) is 6.09. The summed E-state index contributed by atoms with van der Waals surface area (Å²) in [6.45, 7) is 6.46. The Labute approximate surface area is 176 Å². The van der Waals surface area contributed by atoms with Gasteiger partial charge in [0.25, 0.3) is 0 Å². The van der Waals surface area contributed by atoms with Crippen LogP contribution in [0.3, 0.4) is 0 Å². The van der Waals surface area contributed by atoms with Crippen molar-refractivity contribution in [3.8, 4) is 0 Å². The van der Waals surface area contributed by atoms with Gasteiger partial charge in [0, 0.05) is 61.3 Å². The van der Waals surface area contributed by atoms with Crippen molar-refractivity contribution in [1.82, 2.24) is 20.4 Å². The summed E-state index contributed by atoms with van der Waals surface area (Å²) in [5.74, 6) is 0.843. The fourth-order valence-corrected chi connectivity index (χ4v) is 4.22. The Bertz CT molecular complexity index is 756. The number of aliphatic imine (C=N–C) groups is 1. The second-order valence-electron chi connectivity index (χ2n) is 8.13. The molecule has 2 unspecified atom stereocenters. The van der Waals surface area contributed by atoms with Gasteiger partial charge in [-0.05, 0) is 38.3 Å². The first kappa shape index (κ1) is 20.4. The topological polar surface area (TPSA) is 60.0 Å². The first-order chi connectivity index (χ1) is 14.0. The fraction of sp³-hybridized carbons (Fsp3) is 0.619. The summed E-state index contributed by atoms with van der Waals surface area (Å²) in [5.41, 5.74) is 0.606. The van der Waals surface area contributed by atoms with E-state index < -0.39 is 0 Å². The maximum absolute atomic E-state index is 14.2. The maximum Gasteiger partial charge on any atom is 0.234 e. The lowest BCUT2D eigenvalue weighted by atomic mass is 10.1. The summed E-state index contributed by atoms with van der Waals surface area (Å²) in [6.07, 6.45) is 3.08. The minimum atomic E-state index is -0.237. The number of nitrogens with one attached hydrogen (secondary N) is 2. The molecule has 3 aliphatic rings. The van der Waals surface area contributed by atoms with Crippen LogP contribution in [0.5, 0.6) is 0 Å². The molecule has 0 spiro atoms. The quantitative estimate of drug-likeness (QED) is 0.546. The molecular formula is C21H29ClFN5O. The van der Waals surface area contributed by atoms with Crippen LogP contribution in [0.4, 0.5) is 4.39 Å². The highest BCUT2D eigenvalue weighted by molar-refractivity contribution is 6.31. The van der Waals surface area contributed by atoms with Crippen LogP contribution in [0.2, 0.25) is 5.02 Å². The number of rotatable bonds is 6. The minimum absolute atomic E-state index is 0.0816. The molecule has 2 aliphatic carbocycles. The van der Waals surface area contributed by atoms with E-state index in [0.29, 0.717) is 29.7 Å². The SMILES string of the molecule is CCN=C(NC1CC1c1c(F)cccc1Cl)N1CCN(CC(=O)NC2CC2)CC1. The summed E-state index contributed by atoms with van der Waals surface area (Å²) in [4.78, 5) is 21.1. The Morgan fingerprint density at radius 2 is 2.00 bits per heavy atom. The van der Waals surface area contributed by atoms with Gasteiger partial charge in [-0.25, -0.2) is 4.39 Å². The molecule has 4 rings (SSSR count). The van der Waals surface area contributed by atoms with E-state index in [1.807, 2.05) is 6.92 Å². The van der Waals surface area contributed by atoms with Gasteiger partial charge < -0.3 is 15.5 Å². The van der Waals surface area contributed by atoms with Crippen molar-refractivity contribution in [2.75, 3.05) is 39.3 Å². The first-order valence-corrected chi connectivity index (χ1v) is 10.9. The van der Waals surface area contributed by atoms with E-state index in [-0.39, 0.29) is 23.7 Å². The lowest BCUT2D eigenvalue weighted by molar-refractivity contribution is -0.122. The predicted molar refractivity (Wildman–Crippen MR) is 113 cm³/mol. The summed E-state index contributed by atoms with van der Waals surface area (Å²) in [7, 11) is 0. The molecule has 1 amide bonds. The van der Waals surface area contributed by atoms with E-state index in [4.69, 9.17) is 11.6 Å². The number of benzene rings is 1. The van der Waals surface area contributed by atoms with Gasteiger partial charge in [0.2, 0.25) is 5.91 Å². The normalized spacial score (nSPS) is 25.1. The van der Waals surface area contributed by atoms with E-state index in [2.05, 4.69) is 25.4 Å². The van der Waals surface area contributed by atoms with Crippen molar-refractivity contribution in [2.24, 2.45) is 4.99 Å². The molecule has 2 atom stereocenters. The lowest BCUT2D eigenvalue weighted by Gasteiger charge is -2.36. The second kappa shape index (κ2) is 8.88. The van der Waals surface area contributed by atoms with Crippen LogP contribution < -0.4 is 10.6 Å². The molecule has 2 N–H and O–H groups in total. The number of carbonyl (C=O) groups excluding carboxylic acids is 1. The van der Waals surface area contributed by atoms with Gasteiger partial charge in [-0.1, -0.05) is 17.7 Å². The standard InChI is InChI=1S/C21H29ClFN5O/c1-2-24-21(26-18-12-15(18)20-16(22)4-3-5-17(20)23)28-10-8-27(9-11-28)13-19(29)25-14-6-7-14/h3-5,14-15,18H,2,6-13H2,1H3,(H,24,26)(H,25,29). The Kier molecular flexibility index (Phi) is 6.25. The van der Waals surface area contributed by atoms with Crippen molar-refractivity contribution in [2.45, 2.75) is 44.2 Å². The molecule has 0 radical (unpaired) electrons. The fourth-order valence-electron chi connectivity index (χ4n) is 3.91. The Hall–Kier alpha value is -1.86. The molecule has 1 aromatic rings. The van der Waals surface area contributed by atoms with Gasteiger partial charge in [0.15, 0.2) is 5.96 Å². The molecule has 6 nitrogen and oxygen atoms in total. The van der Waals surface area contributed by atoms with Crippen molar-refractivity contribution in [3.05, 3.63) is 34.6 Å². The van der Waals surface area contributed by atoms with Gasteiger partial charge in [0.1, 0.15) is 5.82 Å². The third-order valence-electron chi connectivity index (χ3n) is 5.76. The number of nitrogens with zero attached hydrogens (tertiary/aromatic N) is 3. The minimum Gasteiger partial charge on any atom is -0.353 e. The van der Waals surface area contributed by atoms with E-state index in [1.165, 1.54) is 6.07 Å². The van der Waals surface area contributed by atoms with E-state index in [0.717, 1.165) is 51.4 Å². The smallest absolute Gasteiger partial charge is 0.234 e. The molecular weight excluding hydrogens is 393 g/mol. The van der Waals surface area contributed by atoms with Gasteiger partial charge >= 0.3 is 0 Å². The van der Waals surface area contributed by atoms with Gasteiger partial charge in [0.05, 0.1) is 6.54 Å². The van der Waals surface area contributed by atoms with Crippen molar-refractivity contribution >= 4 is 23.5 Å². The van der Waals surface area contributed by atoms with Gasteiger partial charge in [-0.2, -0.15) is 0 Å². The monoisotopic (exact) mass is 421 g/mol. The van der Waals surface area contributed by atoms with E-state index in [9.17, 15) is 9.18 Å². The number of carbonyl (C=O) groups is 1. The van der Waals surface area contributed by atoms with Gasteiger partial charge in [-0.3, -0.25) is 14.7 Å². The molecule has 0 aromatic heterocycles. The molecule has 158 valence electrons. The molecule has 8 heteroatoms. The summed E-state index contributed by atoms with van der Waals surface area (Å²) in [6, 6.07) is 5.41. The van der Waals surface area contributed by atoms with E-state index in [1.54, 1.807) is 12.1 Å². The lowest BCUT2D eigenvalue weighted by Crippen LogP contribution is -2.54. The zero-order valence-corrected chi connectivity index (χ0v) is 17.6. The van der Waals surface area contributed by atoms with Crippen LogP contribution in [0, 0.1) is 5.82 Å². The number of hydrogen-bond acceptors (Lipinski definition) is 3. The average molecular weight is 422 g/mol. The van der Waals surface area contributed by atoms with Crippen LogP contribution in [-0.4, -0.2) is 73.0 Å². The number of amides is 1. The molecule has 1 saturated heterocycles. The second-order valence-corrected chi connectivity index (χ2v) is 8.54. The number of halogens is 2. The van der Waals surface area contributed by atoms with Gasteiger partial charge in [-0.15, -0.1) is 0 Å².